The van der Waals surface area contributed by atoms with Crippen LogP contribution in [0.4, 0.5) is 23.2 Å². The topological polar surface area (TPSA) is 44.7 Å². The molecule has 1 unspecified atom stereocenters. The number of nitrogens with one attached hydrogen (secondary N) is 1. The van der Waals surface area contributed by atoms with E-state index in [0.29, 0.717) is 12.1 Å². The van der Waals surface area contributed by atoms with E-state index in [-0.39, 0.29) is 23.9 Å². The summed E-state index contributed by atoms with van der Waals surface area (Å²) >= 11 is 0. The number of alkyl halides is 3. The Hall–Kier alpha value is -2.90. The first-order valence-corrected chi connectivity index (χ1v) is 9.86. The molecule has 2 aromatic carbocycles. The van der Waals surface area contributed by atoms with Gasteiger partial charge in [-0.1, -0.05) is 44.0 Å². The third kappa shape index (κ3) is 5.17. The first-order chi connectivity index (χ1) is 14.3. The number of carbonyl (C=O) groups is 1. The number of hydrazone groups is 1. The van der Waals surface area contributed by atoms with E-state index in [9.17, 15) is 22.4 Å². The van der Waals surface area contributed by atoms with Crippen molar-refractivity contribution in [2.45, 2.75) is 44.8 Å². The molecule has 1 N–H and O–H groups in total. The van der Waals surface area contributed by atoms with Crippen molar-refractivity contribution in [1.29, 1.82) is 0 Å². The highest BCUT2D eigenvalue weighted by molar-refractivity contribution is 6.43. The van der Waals surface area contributed by atoms with Crippen molar-refractivity contribution >= 4 is 17.3 Å². The van der Waals surface area contributed by atoms with Crippen molar-refractivity contribution < 1.29 is 22.4 Å². The SMILES string of the molecule is CCCCCN1N=C(C(=O)Nc2ccccc2C(F)(F)F)CC1c1cccc(F)c1. The van der Waals surface area contributed by atoms with Crippen LogP contribution in [0.15, 0.2) is 53.6 Å². The van der Waals surface area contributed by atoms with Crippen LogP contribution in [0.25, 0.3) is 0 Å². The molecule has 0 fully saturated rings. The number of benzene rings is 2. The van der Waals surface area contributed by atoms with Crippen LogP contribution in [0.5, 0.6) is 0 Å². The van der Waals surface area contributed by atoms with Gasteiger partial charge in [-0.3, -0.25) is 9.80 Å². The number of rotatable bonds is 7. The highest BCUT2D eigenvalue weighted by Crippen LogP contribution is 2.35. The lowest BCUT2D eigenvalue weighted by Gasteiger charge is -2.23. The van der Waals surface area contributed by atoms with Crippen molar-refractivity contribution in [2.24, 2.45) is 5.10 Å². The lowest BCUT2D eigenvalue weighted by atomic mass is 10.0. The molecule has 30 heavy (non-hydrogen) atoms. The van der Waals surface area contributed by atoms with E-state index in [1.165, 1.54) is 30.3 Å². The van der Waals surface area contributed by atoms with E-state index in [2.05, 4.69) is 17.3 Å². The molecule has 160 valence electrons. The maximum absolute atomic E-state index is 13.7. The minimum atomic E-state index is -4.59. The third-order valence-corrected chi connectivity index (χ3v) is 4.96. The Labute approximate surface area is 172 Å². The Bertz CT molecular complexity index is 927. The second-order valence-electron chi connectivity index (χ2n) is 7.19. The minimum Gasteiger partial charge on any atom is -0.320 e. The molecule has 0 saturated carbocycles. The van der Waals surface area contributed by atoms with E-state index in [1.807, 2.05) is 0 Å². The molecule has 1 aliphatic heterocycles. The van der Waals surface area contributed by atoms with Crippen LogP contribution in [0, 0.1) is 5.82 Å². The largest absolute Gasteiger partial charge is 0.418 e. The van der Waals surface area contributed by atoms with E-state index < -0.39 is 23.5 Å². The number of nitrogens with zero attached hydrogens (tertiary/aromatic N) is 2. The molecule has 0 aliphatic carbocycles. The van der Waals surface area contributed by atoms with Crippen LogP contribution in [-0.2, 0) is 11.0 Å². The van der Waals surface area contributed by atoms with Gasteiger partial charge in [-0.25, -0.2) is 4.39 Å². The second-order valence-corrected chi connectivity index (χ2v) is 7.19. The zero-order valence-corrected chi connectivity index (χ0v) is 16.5. The number of hydrogen-bond donors (Lipinski definition) is 1. The predicted octanol–water partition coefficient (Wildman–Crippen LogP) is 5.78. The zero-order valence-electron chi connectivity index (χ0n) is 16.5. The molecule has 8 heteroatoms. The van der Waals surface area contributed by atoms with Crippen LogP contribution < -0.4 is 5.32 Å². The van der Waals surface area contributed by atoms with Crippen LogP contribution in [0.2, 0.25) is 0 Å². The third-order valence-electron chi connectivity index (χ3n) is 4.96. The summed E-state index contributed by atoms with van der Waals surface area (Å²) in [6, 6.07) is 10.6. The average Bonchev–Trinajstić information content (AvgIpc) is 3.12. The van der Waals surface area contributed by atoms with Crippen molar-refractivity contribution in [2.75, 3.05) is 11.9 Å². The van der Waals surface area contributed by atoms with E-state index >= 15 is 0 Å². The standard InChI is InChI=1S/C22H23F4N3O/c1-2-3-6-12-29-20(15-8-7-9-16(23)13-15)14-19(28-29)21(30)27-18-11-5-4-10-17(18)22(24,25)26/h4-5,7-11,13,20H,2-3,6,12,14H2,1H3,(H,27,30). The van der Waals surface area contributed by atoms with Gasteiger partial charge in [0.25, 0.3) is 5.91 Å². The molecule has 1 amide bonds. The number of para-hydroxylation sites is 1. The van der Waals surface area contributed by atoms with Gasteiger partial charge in [-0.2, -0.15) is 18.3 Å². The number of halogens is 4. The lowest BCUT2D eigenvalue weighted by Crippen LogP contribution is -2.23. The zero-order chi connectivity index (χ0) is 21.7. The minimum absolute atomic E-state index is 0.123. The van der Waals surface area contributed by atoms with Gasteiger partial charge in [0.05, 0.1) is 17.3 Å². The molecule has 1 atom stereocenters. The lowest BCUT2D eigenvalue weighted by molar-refractivity contribution is -0.136. The average molecular weight is 421 g/mol. The summed E-state index contributed by atoms with van der Waals surface area (Å²) in [6.45, 7) is 2.64. The molecule has 1 aliphatic rings. The summed E-state index contributed by atoms with van der Waals surface area (Å²) in [6.07, 6.45) is -1.57. The predicted molar refractivity (Wildman–Crippen MR) is 107 cm³/mol. The molecule has 0 saturated heterocycles. The van der Waals surface area contributed by atoms with Crippen LogP contribution >= 0.6 is 0 Å². The number of unbranched alkanes of at least 4 members (excludes halogenated alkanes) is 2. The van der Waals surface area contributed by atoms with Gasteiger partial charge < -0.3 is 5.32 Å². The van der Waals surface area contributed by atoms with E-state index in [4.69, 9.17) is 0 Å². The molecule has 0 radical (unpaired) electrons. The Morgan fingerprint density at radius 3 is 2.63 bits per heavy atom. The fraction of sp³-hybridized carbons (Fsp3) is 0.364. The first-order valence-electron chi connectivity index (χ1n) is 9.86. The molecular formula is C22H23F4N3O. The number of amides is 1. The molecule has 3 rings (SSSR count). The van der Waals surface area contributed by atoms with Gasteiger partial charge >= 0.3 is 6.18 Å². The maximum atomic E-state index is 13.7. The van der Waals surface area contributed by atoms with Crippen LogP contribution in [-0.4, -0.2) is 23.2 Å². The quantitative estimate of drug-likeness (QED) is 0.455. The highest BCUT2D eigenvalue weighted by Gasteiger charge is 2.35. The summed E-state index contributed by atoms with van der Waals surface area (Å²) in [4.78, 5) is 12.7. The van der Waals surface area contributed by atoms with Crippen molar-refractivity contribution in [3.63, 3.8) is 0 Å². The second kappa shape index (κ2) is 9.28. The van der Waals surface area contributed by atoms with Gasteiger partial charge in [0.2, 0.25) is 0 Å². The summed E-state index contributed by atoms with van der Waals surface area (Å²) in [5.74, 6) is -1.08. The molecule has 0 spiro atoms. The Morgan fingerprint density at radius 1 is 1.17 bits per heavy atom. The van der Waals surface area contributed by atoms with Gasteiger partial charge in [0.15, 0.2) is 0 Å². The fourth-order valence-corrected chi connectivity index (χ4v) is 3.46. The number of carbonyl (C=O) groups excluding carboxylic acids is 1. The Balaban J connectivity index is 1.81. The monoisotopic (exact) mass is 421 g/mol. The van der Waals surface area contributed by atoms with E-state index in [0.717, 1.165) is 25.3 Å². The van der Waals surface area contributed by atoms with Gasteiger partial charge in [-0.05, 0) is 36.2 Å². The molecule has 1 heterocycles. The van der Waals surface area contributed by atoms with Crippen LogP contribution in [0.1, 0.15) is 49.8 Å². The van der Waals surface area contributed by atoms with Gasteiger partial charge in [0, 0.05) is 13.0 Å². The summed E-state index contributed by atoms with van der Waals surface area (Å²) in [5, 5.41) is 8.44. The normalized spacial score (nSPS) is 16.5. The van der Waals surface area contributed by atoms with Gasteiger partial charge in [-0.15, -0.1) is 0 Å². The van der Waals surface area contributed by atoms with Crippen molar-refractivity contribution in [1.82, 2.24) is 5.01 Å². The molecule has 0 bridgehead atoms. The van der Waals surface area contributed by atoms with Crippen molar-refractivity contribution in [3.8, 4) is 0 Å². The highest BCUT2D eigenvalue weighted by atomic mass is 19.4. The Morgan fingerprint density at radius 2 is 1.93 bits per heavy atom. The summed E-state index contributed by atoms with van der Waals surface area (Å²) < 4.78 is 53.3. The Kier molecular flexibility index (Phi) is 6.74. The van der Waals surface area contributed by atoms with Gasteiger partial charge in [0.1, 0.15) is 11.5 Å². The maximum Gasteiger partial charge on any atom is 0.418 e. The molecule has 2 aromatic rings. The molecular weight excluding hydrogens is 398 g/mol. The summed E-state index contributed by atoms with van der Waals surface area (Å²) in [7, 11) is 0. The first kappa shape index (κ1) is 21.8. The fourth-order valence-electron chi connectivity index (χ4n) is 3.46. The van der Waals surface area contributed by atoms with E-state index in [1.54, 1.807) is 17.1 Å². The molecule has 4 nitrogen and oxygen atoms in total. The molecule has 0 aromatic heterocycles. The number of hydrogen-bond acceptors (Lipinski definition) is 3. The number of anilines is 1. The summed E-state index contributed by atoms with van der Waals surface area (Å²) in [5.41, 5.74) is -0.436. The van der Waals surface area contributed by atoms with Crippen LogP contribution in [0.3, 0.4) is 0 Å². The smallest absolute Gasteiger partial charge is 0.320 e. The van der Waals surface area contributed by atoms with Crippen molar-refractivity contribution in [3.05, 3.63) is 65.5 Å².